The molecule has 1 saturated heterocycles. The lowest BCUT2D eigenvalue weighted by molar-refractivity contribution is -0.192. The Kier molecular flexibility index (Phi) is 9.61. The average molecular weight is 646 g/mol. The van der Waals surface area contributed by atoms with Crippen molar-refractivity contribution in [1.29, 1.82) is 0 Å². The van der Waals surface area contributed by atoms with Crippen LogP contribution in [0.5, 0.6) is 11.5 Å². The molecule has 3 aromatic carbocycles. The van der Waals surface area contributed by atoms with Gasteiger partial charge in [-0.25, -0.2) is 18.6 Å². The van der Waals surface area contributed by atoms with E-state index in [4.69, 9.17) is 24.4 Å². The van der Waals surface area contributed by atoms with Crippen LogP contribution in [0.4, 0.5) is 22.0 Å². The number of carbonyl (C=O) groups excluding carboxylic acids is 1. The average Bonchev–Trinajstić information content (AvgIpc) is 3.60. The summed E-state index contributed by atoms with van der Waals surface area (Å²) in [5, 5.41) is 7.12. The summed E-state index contributed by atoms with van der Waals surface area (Å²) in [6, 6.07) is 17.9. The van der Waals surface area contributed by atoms with E-state index in [2.05, 4.69) is 17.0 Å². The lowest BCUT2D eigenvalue weighted by Crippen LogP contribution is -2.43. The van der Waals surface area contributed by atoms with Gasteiger partial charge in [0, 0.05) is 6.54 Å². The molecule has 3 heterocycles. The molecule has 0 aromatic heterocycles. The van der Waals surface area contributed by atoms with Crippen molar-refractivity contribution in [2.24, 2.45) is 4.99 Å². The number of ether oxygens (including phenoxy) is 2. The second-order valence-electron chi connectivity index (χ2n) is 11.2. The minimum atomic E-state index is -5.08. The Morgan fingerprint density at radius 2 is 1.61 bits per heavy atom. The molecular weight excluding hydrogens is 613 g/mol. The predicted molar refractivity (Wildman–Crippen MR) is 158 cm³/mol. The quantitative estimate of drug-likeness (QED) is 0.313. The first-order valence-electron chi connectivity index (χ1n) is 14.7. The topological polar surface area (TPSA) is 91.7 Å². The molecule has 13 heteroatoms. The molecule has 0 radical (unpaired) electrons. The number of hydrogen-bond donors (Lipinski definition) is 1. The molecule has 0 saturated carbocycles. The van der Waals surface area contributed by atoms with Crippen LogP contribution in [0, 0.1) is 11.6 Å². The van der Waals surface area contributed by atoms with Gasteiger partial charge in [0.2, 0.25) is 6.79 Å². The largest absolute Gasteiger partial charge is 0.490 e. The Balaban J connectivity index is 0.000000537. The van der Waals surface area contributed by atoms with Crippen molar-refractivity contribution in [2.75, 3.05) is 33.0 Å². The molecule has 1 amide bonds. The molecular formula is C33H32F5N3O5. The molecule has 6 rings (SSSR count). The summed E-state index contributed by atoms with van der Waals surface area (Å²) in [6.45, 7) is 5.45. The standard InChI is InChI=1S/C31H31F2N3O3.C2HF3O2/c1-21-34-31(24-7-9-26(32)10-8-24,25-4-2-5-27(33)19-25)30(37)36(21)15-3-14-35-16-12-22(13-17-35)23-6-11-28-29(18-23)39-20-38-28;3-2(4,5)1(6)7/h2,4-11,18-19,22H,3,12-17,20H2,1H3;(H,6,7). The van der Waals surface area contributed by atoms with Gasteiger partial charge >= 0.3 is 12.1 Å². The predicted octanol–water partition coefficient (Wildman–Crippen LogP) is 6.10. The van der Waals surface area contributed by atoms with E-state index in [0.29, 0.717) is 29.4 Å². The molecule has 8 nitrogen and oxygen atoms in total. The summed E-state index contributed by atoms with van der Waals surface area (Å²) in [4.78, 5) is 31.8. The number of benzene rings is 3. The summed E-state index contributed by atoms with van der Waals surface area (Å²) in [5.74, 6) is -1.13. The van der Waals surface area contributed by atoms with Crippen molar-refractivity contribution in [3.63, 3.8) is 0 Å². The molecule has 0 spiro atoms. The van der Waals surface area contributed by atoms with E-state index >= 15 is 0 Å². The molecule has 1 unspecified atom stereocenters. The lowest BCUT2D eigenvalue weighted by Gasteiger charge is -2.33. The maximum absolute atomic E-state index is 14.2. The van der Waals surface area contributed by atoms with Gasteiger partial charge in [0.1, 0.15) is 17.5 Å². The molecule has 46 heavy (non-hydrogen) atoms. The van der Waals surface area contributed by atoms with Crippen molar-refractivity contribution in [2.45, 2.75) is 43.8 Å². The number of carboxylic acids is 1. The lowest BCUT2D eigenvalue weighted by atomic mass is 9.82. The number of fused-ring (bicyclic) bond motifs is 1. The second kappa shape index (κ2) is 13.5. The maximum atomic E-state index is 14.2. The molecule has 0 aliphatic carbocycles. The number of nitrogens with zero attached hydrogens (tertiary/aromatic N) is 3. The molecule has 3 aliphatic heterocycles. The fraction of sp³-hybridized carbons (Fsp3) is 0.364. The summed E-state index contributed by atoms with van der Waals surface area (Å²) in [5.41, 5.74) is 0.824. The van der Waals surface area contributed by atoms with Crippen molar-refractivity contribution in [3.05, 3.63) is 95.1 Å². The Hall–Kier alpha value is -4.52. The molecule has 3 aromatic rings. The number of piperidine rings is 1. The van der Waals surface area contributed by atoms with Gasteiger partial charge in [0.15, 0.2) is 17.0 Å². The van der Waals surface area contributed by atoms with Gasteiger partial charge in [-0.1, -0.05) is 30.3 Å². The highest BCUT2D eigenvalue weighted by molar-refractivity contribution is 6.09. The monoisotopic (exact) mass is 645 g/mol. The van der Waals surface area contributed by atoms with Crippen LogP contribution in [-0.4, -0.2) is 71.8 Å². The number of alkyl halides is 3. The fourth-order valence-corrected chi connectivity index (χ4v) is 6.01. The number of amidine groups is 1. The van der Waals surface area contributed by atoms with Crippen LogP contribution >= 0.6 is 0 Å². The van der Waals surface area contributed by atoms with Crippen molar-refractivity contribution < 1.29 is 46.1 Å². The zero-order valence-electron chi connectivity index (χ0n) is 24.9. The van der Waals surface area contributed by atoms with E-state index in [-0.39, 0.29) is 12.7 Å². The summed E-state index contributed by atoms with van der Waals surface area (Å²) < 4.78 is 70.7. The van der Waals surface area contributed by atoms with E-state index in [9.17, 15) is 26.7 Å². The highest BCUT2D eigenvalue weighted by Crippen LogP contribution is 2.41. The van der Waals surface area contributed by atoms with Crippen molar-refractivity contribution >= 4 is 17.7 Å². The van der Waals surface area contributed by atoms with Gasteiger partial charge in [0.25, 0.3) is 5.91 Å². The molecule has 1 fully saturated rings. The van der Waals surface area contributed by atoms with Gasteiger partial charge in [-0.2, -0.15) is 13.2 Å². The van der Waals surface area contributed by atoms with E-state index in [1.807, 2.05) is 6.07 Å². The van der Waals surface area contributed by atoms with Gasteiger partial charge < -0.3 is 19.5 Å². The highest BCUT2D eigenvalue weighted by Gasteiger charge is 2.50. The Labute approximate surface area is 262 Å². The van der Waals surface area contributed by atoms with E-state index in [1.165, 1.54) is 29.8 Å². The molecule has 244 valence electrons. The van der Waals surface area contributed by atoms with Crippen LogP contribution in [0.3, 0.4) is 0 Å². The first-order valence-corrected chi connectivity index (χ1v) is 14.7. The van der Waals surface area contributed by atoms with Crippen molar-refractivity contribution in [3.8, 4) is 11.5 Å². The van der Waals surface area contributed by atoms with Gasteiger partial charge in [-0.3, -0.25) is 9.69 Å². The number of aliphatic carboxylic acids is 1. The number of amides is 1. The first kappa shape index (κ1) is 32.9. The number of hydrogen-bond acceptors (Lipinski definition) is 6. The minimum absolute atomic E-state index is 0.237. The summed E-state index contributed by atoms with van der Waals surface area (Å²) in [6.07, 6.45) is -2.16. The van der Waals surface area contributed by atoms with Crippen LogP contribution in [0.1, 0.15) is 48.8 Å². The van der Waals surface area contributed by atoms with Gasteiger partial charge in [0.05, 0.1) is 0 Å². The van der Waals surface area contributed by atoms with Crippen LogP contribution in [0.15, 0.2) is 71.7 Å². The smallest absolute Gasteiger partial charge is 0.475 e. The third-order valence-electron chi connectivity index (χ3n) is 8.33. The number of rotatable bonds is 7. The summed E-state index contributed by atoms with van der Waals surface area (Å²) in [7, 11) is 0. The van der Waals surface area contributed by atoms with Gasteiger partial charge in [-0.05, 0) is 105 Å². The molecule has 3 aliphatic rings. The Bertz CT molecular complexity index is 1610. The number of halogens is 5. The summed E-state index contributed by atoms with van der Waals surface area (Å²) >= 11 is 0. The van der Waals surface area contributed by atoms with Crippen LogP contribution in [0.25, 0.3) is 0 Å². The van der Waals surface area contributed by atoms with Crippen LogP contribution < -0.4 is 9.47 Å². The zero-order chi connectivity index (χ0) is 33.1. The highest BCUT2D eigenvalue weighted by atomic mass is 19.4. The number of aliphatic imine (C=N–C) groups is 1. The third kappa shape index (κ3) is 6.99. The first-order chi connectivity index (χ1) is 21.9. The number of carbonyl (C=O) groups is 2. The number of carboxylic acid groups (broad SMARTS) is 1. The third-order valence-corrected chi connectivity index (χ3v) is 8.33. The second-order valence-corrected chi connectivity index (χ2v) is 11.2. The van der Waals surface area contributed by atoms with Crippen LogP contribution in [0.2, 0.25) is 0 Å². The van der Waals surface area contributed by atoms with Crippen LogP contribution in [-0.2, 0) is 15.1 Å². The van der Waals surface area contributed by atoms with E-state index < -0.39 is 29.3 Å². The van der Waals surface area contributed by atoms with E-state index in [0.717, 1.165) is 50.4 Å². The fourth-order valence-electron chi connectivity index (χ4n) is 6.01. The van der Waals surface area contributed by atoms with Gasteiger partial charge in [-0.15, -0.1) is 0 Å². The molecule has 1 N–H and O–H groups in total. The Morgan fingerprint density at radius 3 is 2.26 bits per heavy atom. The van der Waals surface area contributed by atoms with Crippen molar-refractivity contribution in [1.82, 2.24) is 9.80 Å². The zero-order valence-corrected chi connectivity index (χ0v) is 24.9. The molecule has 0 bridgehead atoms. The maximum Gasteiger partial charge on any atom is 0.490 e. The minimum Gasteiger partial charge on any atom is -0.475 e. The SMILES string of the molecule is CC1=NC(c2ccc(F)cc2)(c2cccc(F)c2)C(=O)N1CCCN1CCC(c2ccc3c(c2)OCO3)CC1.O=C(O)C(F)(F)F. The molecule has 1 atom stereocenters. The normalized spacial score (nSPS) is 19.9. The number of likely N-dealkylation sites (tertiary alicyclic amines) is 1. The van der Waals surface area contributed by atoms with E-state index in [1.54, 1.807) is 36.1 Å². The Morgan fingerprint density at radius 1 is 0.935 bits per heavy atom.